The monoisotopic (exact) mass is 360 g/mol. The summed E-state index contributed by atoms with van der Waals surface area (Å²) in [7, 11) is 1.92. The Bertz CT molecular complexity index is 1030. The molecule has 0 radical (unpaired) electrons. The second-order valence-corrected chi connectivity index (χ2v) is 7.01. The zero-order valence-corrected chi connectivity index (χ0v) is 15.7. The maximum Gasteiger partial charge on any atom is 0.148 e. The average Bonchev–Trinajstić information content (AvgIpc) is 3.17. The minimum absolute atomic E-state index is 0.188. The van der Waals surface area contributed by atoms with E-state index in [0.29, 0.717) is 17.9 Å². The molecule has 5 heteroatoms. The Balaban J connectivity index is 1.64. The van der Waals surface area contributed by atoms with Crippen molar-refractivity contribution >= 4 is 28.1 Å². The first-order chi connectivity index (χ1) is 13.1. The topological polar surface area (TPSA) is 65.1 Å². The molecule has 5 nitrogen and oxygen atoms in total. The summed E-state index contributed by atoms with van der Waals surface area (Å²) in [5, 5.41) is 19.3. The smallest absolute Gasteiger partial charge is 0.148 e. The highest BCUT2D eigenvalue weighted by Crippen LogP contribution is 2.32. The Morgan fingerprint density at radius 3 is 2.56 bits per heavy atom. The van der Waals surface area contributed by atoms with Gasteiger partial charge in [0.15, 0.2) is 0 Å². The molecule has 0 bridgehead atoms. The van der Waals surface area contributed by atoms with Gasteiger partial charge in [0.25, 0.3) is 0 Å². The normalized spacial score (nSPS) is 14.6. The lowest BCUT2D eigenvalue weighted by Crippen LogP contribution is -2.26. The van der Waals surface area contributed by atoms with Gasteiger partial charge in [-0.3, -0.25) is 5.41 Å². The summed E-state index contributed by atoms with van der Waals surface area (Å²) in [5.41, 5.74) is 4.57. The Kier molecular flexibility index (Phi) is 4.44. The van der Waals surface area contributed by atoms with E-state index in [0.717, 1.165) is 23.1 Å². The fourth-order valence-electron chi connectivity index (χ4n) is 3.63. The number of nitrogens with zero attached hydrogens (tertiary/aromatic N) is 3. The van der Waals surface area contributed by atoms with Crippen molar-refractivity contribution < 1.29 is 5.11 Å². The molecule has 0 unspecified atom stereocenters. The lowest BCUT2D eigenvalue weighted by atomic mass is 10.1. The molecule has 1 aromatic heterocycles. The quantitative estimate of drug-likeness (QED) is 0.694. The maximum atomic E-state index is 10.6. The van der Waals surface area contributed by atoms with Gasteiger partial charge < -0.3 is 14.6 Å². The van der Waals surface area contributed by atoms with E-state index in [1.54, 1.807) is 0 Å². The molecule has 2 N–H and O–H groups in total. The highest BCUT2D eigenvalue weighted by molar-refractivity contribution is 6.30. The molecule has 0 saturated heterocycles. The van der Waals surface area contributed by atoms with Crippen molar-refractivity contribution in [1.82, 2.24) is 9.55 Å². The lowest BCUT2D eigenvalue weighted by molar-refractivity contribution is 0.411. The van der Waals surface area contributed by atoms with Gasteiger partial charge in [-0.15, -0.1) is 0 Å². The fraction of sp³-hybridized carbons (Fsp3) is 0.273. The summed E-state index contributed by atoms with van der Waals surface area (Å²) in [6, 6.07) is 16.1. The maximum absolute atomic E-state index is 10.6. The number of rotatable bonds is 5. The van der Waals surface area contributed by atoms with E-state index in [2.05, 4.69) is 24.0 Å². The van der Waals surface area contributed by atoms with Crippen molar-refractivity contribution in [2.24, 2.45) is 7.05 Å². The molecule has 2 aromatic carbocycles. The van der Waals surface area contributed by atoms with Crippen LogP contribution in [0.4, 0.5) is 5.69 Å². The van der Waals surface area contributed by atoms with Crippen LogP contribution in [0.25, 0.3) is 16.6 Å². The number of anilines is 1. The SMILES string of the molecule is CCCCc1ccc(N2CC(O)=C(c3nc4ccccc4n3C)C2=N)cc1. The zero-order chi connectivity index (χ0) is 19.0. The summed E-state index contributed by atoms with van der Waals surface area (Å²) in [5.74, 6) is 1.10. The standard InChI is InChI=1S/C22H24N4O/c1-3-4-7-15-10-12-16(13-11-15)26-14-19(27)20(21(26)23)22-24-17-8-5-6-9-18(17)25(22)2/h5-6,8-13,23,27H,3-4,7,14H2,1-2H3. The van der Waals surface area contributed by atoms with Gasteiger partial charge in [0, 0.05) is 12.7 Å². The third-order valence-corrected chi connectivity index (χ3v) is 5.18. The van der Waals surface area contributed by atoms with Gasteiger partial charge in [-0.2, -0.15) is 0 Å². The van der Waals surface area contributed by atoms with Gasteiger partial charge in [0.2, 0.25) is 0 Å². The molecule has 0 spiro atoms. The molecule has 1 aliphatic rings. The predicted octanol–water partition coefficient (Wildman–Crippen LogP) is 4.68. The summed E-state index contributed by atoms with van der Waals surface area (Å²) in [6.07, 6.45) is 3.43. The lowest BCUT2D eigenvalue weighted by Gasteiger charge is -2.19. The number of aliphatic hydroxyl groups excluding tert-OH is 1. The molecule has 0 fully saturated rings. The van der Waals surface area contributed by atoms with E-state index in [9.17, 15) is 5.11 Å². The number of nitrogens with one attached hydrogen (secondary N) is 1. The van der Waals surface area contributed by atoms with Gasteiger partial charge in [-0.25, -0.2) is 4.98 Å². The van der Waals surface area contributed by atoms with Gasteiger partial charge >= 0.3 is 0 Å². The Morgan fingerprint density at radius 1 is 1.11 bits per heavy atom. The molecular weight excluding hydrogens is 336 g/mol. The fourth-order valence-corrected chi connectivity index (χ4v) is 3.63. The van der Waals surface area contributed by atoms with Crippen LogP contribution in [0.5, 0.6) is 0 Å². The van der Waals surface area contributed by atoms with Crippen LogP contribution in [0.1, 0.15) is 31.2 Å². The number of para-hydroxylation sites is 2. The molecule has 0 aliphatic carbocycles. The Hall–Kier alpha value is -3.08. The predicted molar refractivity (Wildman–Crippen MR) is 110 cm³/mol. The summed E-state index contributed by atoms with van der Waals surface area (Å²) in [4.78, 5) is 6.48. The van der Waals surface area contributed by atoms with Gasteiger partial charge in [0.05, 0.1) is 23.2 Å². The Labute approximate surface area is 159 Å². The van der Waals surface area contributed by atoms with Crippen LogP contribution < -0.4 is 4.90 Å². The summed E-state index contributed by atoms with van der Waals surface area (Å²) < 4.78 is 1.94. The van der Waals surface area contributed by atoms with Gasteiger partial charge in [-0.1, -0.05) is 37.6 Å². The molecule has 0 saturated carbocycles. The third kappa shape index (κ3) is 2.99. The van der Waals surface area contributed by atoms with Crippen LogP contribution in [0.15, 0.2) is 54.3 Å². The van der Waals surface area contributed by atoms with E-state index in [1.807, 2.05) is 52.9 Å². The summed E-state index contributed by atoms with van der Waals surface area (Å²) >= 11 is 0. The summed E-state index contributed by atoms with van der Waals surface area (Å²) in [6.45, 7) is 2.49. The molecule has 0 amide bonds. The van der Waals surface area contributed by atoms with Crippen LogP contribution in [0.2, 0.25) is 0 Å². The molecule has 0 atom stereocenters. The van der Waals surface area contributed by atoms with Crippen molar-refractivity contribution in [3.8, 4) is 0 Å². The van der Waals surface area contributed by atoms with E-state index in [4.69, 9.17) is 5.41 Å². The minimum Gasteiger partial charge on any atom is -0.509 e. The highest BCUT2D eigenvalue weighted by atomic mass is 16.3. The van der Waals surface area contributed by atoms with Gasteiger partial charge in [-0.05, 0) is 42.7 Å². The second-order valence-electron chi connectivity index (χ2n) is 7.01. The van der Waals surface area contributed by atoms with Crippen molar-refractivity contribution in [2.45, 2.75) is 26.2 Å². The largest absolute Gasteiger partial charge is 0.509 e. The number of unbranched alkanes of at least 4 members (excludes halogenated alkanes) is 1. The minimum atomic E-state index is 0.188. The number of fused-ring (bicyclic) bond motifs is 1. The number of hydrogen-bond acceptors (Lipinski definition) is 3. The number of imidazole rings is 1. The molecule has 138 valence electrons. The molecule has 3 aromatic rings. The van der Waals surface area contributed by atoms with Crippen LogP contribution in [-0.2, 0) is 13.5 Å². The zero-order valence-electron chi connectivity index (χ0n) is 15.7. The number of hydrogen-bond donors (Lipinski definition) is 2. The van der Waals surface area contributed by atoms with Crippen LogP contribution in [-0.4, -0.2) is 27.0 Å². The van der Waals surface area contributed by atoms with Crippen molar-refractivity contribution in [2.75, 3.05) is 11.4 Å². The average molecular weight is 360 g/mol. The number of amidine groups is 1. The van der Waals surface area contributed by atoms with Crippen molar-refractivity contribution in [1.29, 1.82) is 5.41 Å². The molecule has 2 heterocycles. The van der Waals surface area contributed by atoms with Crippen molar-refractivity contribution in [3.05, 3.63) is 65.7 Å². The van der Waals surface area contributed by atoms with E-state index in [-0.39, 0.29) is 11.6 Å². The molecule has 1 aliphatic heterocycles. The van der Waals surface area contributed by atoms with E-state index >= 15 is 0 Å². The van der Waals surface area contributed by atoms with Crippen molar-refractivity contribution in [3.63, 3.8) is 0 Å². The van der Waals surface area contributed by atoms with Gasteiger partial charge in [0.1, 0.15) is 17.4 Å². The number of benzene rings is 2. The number of aliphatic hydroxyl groups is 1. The van der Waals surface area contributed by atoms with E-state index in [1.165, 1.54) is 18.4 Å². The van der Waals surface area contributed by atoms with Crippen LogP contribution in [0, 0.1) is 5.41 Å². The second kappa shape index (κ2) is 6.91. The first-order valence-corrected chi connectivity index (χ1v) is 9.39. The van der Waals surface area contributed by atoms with Crippen LogP contribution >= 0.6 is 0 Å². The first-order valence-electron chi connectivity index (χ1n) is 9.39. The number of aryl methyl sites for hydroxylation is 2. The first kappa shape index (κ1) is 17.3. The van der Waals surface area contributed by atoms with E-state index < -0.39 is 0 Å². The molecule has 4 rings (SSSR count). The molecule has 27 heavy (non-hydrogen) atoms. The Morgan fingerprint density at radius 2 is 1.85 bits per heavy atom. The number of aromatic nitrogens is 2. The highest BCUT2D eigenvalue weighted by Gasteiger charge is 2.32. The third-order valence-electron chi connectivity index (χ3n) is 5.18. The van der Waals surface area contributed by atoms with Crippen LogP contribution in [0.3, 0.4) is 0 Å². The molecular formula is C22H24N4O.